The first kappa shape index (κ1) is 9.02. The summed E-state index contributed by atoms with van der Waals surface area (Å²) in [6.45, 7) is 0.830. The van der Waals surface area contributed by atoms with Gasteiger partial charge in [-0.15, -0.1) is 0 Å². The Hall–Kier alpha value is -1.55. The monoisotopic (exact) mass is 190 g/mol. The van der Waals surface area contributed by atoms with E-state index in [4.69, 9.17) is 0 Å². The third-order valence-electron chi connectivity index (χ3n) is 2.27. The zero-order valence-corrected chi connectivity index (χ0v) is 8.41. The van der Waals surface area contributed by atoms with E-state index in [1.54, 1.807) is 0 Å². The number of nitrogens with one attached hydrogen (secondary N) is 2. The van der Waals surface area contributed by atoms with E-state index in [-0.39, 0.29) is 0 Å². The number of H-pyrrole nitrogens is 1. The number of aromatic amines is 1. The summed E-state index contributed by atoms with van der Waals surface area (Å²) in [4.78, 5) is 7.42. The first-order chi connectivity index (χ1) is 6.83. The van der Waals surface area contributed by atoms with Gasteiger partial charge in [0.15, 0.2) is 0 Å². The topological polar surface area (TPSA) is 45.6 Å². The second kappa shape index (κ2) is 3.67. The summed E-state index contributed by atoms with van der Waals surface area (Å²) in [6.07, 6.45) is 5.71. The Morgan fingerprint density at radius 3 is 3.07 bits per heavy atom. The van der Waals surface area contributed by atoms with Gasteiger partial charge in [0, 0.05) is 31.5 Å². The zero-order valence-electron chi connectivity index (χ0n) is 8.41. The molecule has 2 rings (SSSR count). The van der Waals surface area contributed by atoms with Crippen molar-refractivity contribution in [3.05, 3.63) is 30.5 Å². The molecule has 2 aromatic rings. The average Bonchev–Trinajstić information content (AvgIpc) is 2.77. The molecule has 0 aliphatic carbocycles. The number of hydrogen-bond acceptors (Lipinski definition) is 2. The van der Waals surface area contributed by atoms with Crippen LogP contribution in [0.2, 0.25) is 0 Å². The normalized spacial score (nSPS) is 10.7. The van der Waals surface area contributed by atoms with Gasteiger partial charge < -0.3 is 14.9 Å². The highest BCUT2D eigenvalue weighted by atomic mass is 15.1. The average molecular weight is 190 g/mol. The maximum absolute atomic E-state index is 4.38. The summed E-state index contributed by atoms with van der Waals surface area (Å²) in [5, 5.41) is 3.14. The SMILES string of the molecule is CNCc1c(-c2cc[nH]c2)ncn1C. The minimum atomic E-state index is 0.830. The Morgan fingerprint density at radius 1 is 1.57 bits per heavy atom. The molecule has 2 aromatic heterocycles. The highest BCUT2D eigenvalue weighted by Crippen LogP contribution is 2.20. The third kappa shape index (κ3) is 1.44. The van der Waals surface area contributed by atoms with Gasteiger partial charge in [-0.3, -0.25) is 0 Å². The van der Waals surface area contributed by atoms with E-state index in [2.05, 4.69) is 15.3 Å². The Kier molecular flexibility index (Phi) is 2.37. The molecule has 0 bridgehead atoms. The Morgan fingerprint density at radius 2 is 2.43 bits per heavy atom. The van der Waals surface area contributed by atoms with Gasteiger partial charge in [0.1, 0.15) is 0 Å². The lowest BCUT2D eigenvalue weighted by atomic mass is 10.2. The summed E-state index contributed by atoms with van der Waals surface area (Å²) >= 11 is 0. The van der Waals surface area contributed by atoms with Crippen LogP contribution in [0.15, 0.2) is 24.8 Å². The van der Waals surface area contributed by atoms with Gasteiger partial charge in [-0.2, -0.15) is 0 Å². The molecule has 0 saturated carbocycles. The molecule has 2 N–H and O–H groups in total. The van der Waals surface area contributed by atoms with E-state index in [9.17, 15) is 0 Å². The molecule has 74 valence electrons. The molecule has 0 aliphatic rings. The maximum atomic E-state index is 4.38. The highest BCUT2D eigenvalue weighted by Gasteiger charge is 2.09. The van der Waals surface area contributed by atoms with Crippen LogP contribution >= 0.6 is 0 Å². The van der Waals surface area contributed by atoms with Gasteiger partial charge in [0.25, 0.3) is 0 Å². The minimum absolute atomic E-state index is 0.830. The van der Waals surface area contributed by atoms with Crippen molar-refractivity contribution in [3.8, 4) is 11.3 Å². The Balaban J connectivity index is 2.43. The van der Waals surface area contributed by atoms with Crippen LogP contribution in [0.5, 0.6) is 0 Å². The Bertz CT molecular complexity index is 400. The quantitative estimate of drug-likeness (QED) is 0.762. The predicted molar refractivity (Wildman–Crippen MR) is 55.8 cm³/mol. The molecule has 0 spiro atoms. The van der Waals surface area contributed by atoms with Gasteiger partial charge in [-0.05, 0) is 13.1 Å². The lowest BCUT2D eigenvalue weighted by molar-refractivity contribution is 0.735. The van der Waals surface area contributed by atoms with Crippen LogP contribution in [-0.2, 0) is 13.6 Å². The second-order valence-corrected chi connectivity index (χ2v) is 3.28. The third-order valence-corrected chi connectivity index (χ3v) is 2.27. The number of hydrogen-bond donors (Lipinski definition) is 2. The van der Waals surface area contributed by atoms with E-state index < -0.39 is 0 Å². The zero-order chi connectivity index (χ0) is 9.97. The lowest BCUT2D eigenvalue weighted by Crippen LogP contribution is -2.09. The van der Waals surface area contributed by atoms with Crippen molar-refractivity contribution in [1.82, 2.24) is 19.9 Å². The van der Waals surface area contributed by atoms with E-state index in [0.29, 0.717) is 0 Å². The van der Waals surface area contributed by atoms with Crippen LogP contribution in [0, 0.1) is 0 Å². The predicted octanol–water partition coefficient (Wildman–Crippen LogP) is 1.13. The number of rotatable bonds is 3. The second-order valence-electron chi connectivity index (χ2n) is 3.28. The van der Waals surface area contributed by atoms with Crippen molar-refractivity contribution in [2.75, 3.05) is 7.05 Å². The summed E-state index contributed by atoms with van der Waals surface area (Å²) in [5.41, 5.74) is 3.38. The number of imidazole rings is 1. The van der Waals surface area contributed by atoms with Crippen LogP contribution in [0.25, 0.3) is 11.3 Å². The fourth-order valence-electron chi connectivity index (χ4n) is 1.54. The van der Waals surface area contributed by atoms with E-state index in [0.717, 1.165) is 17.8 Å². The molecular weight excluding hydrogens is 176 g/mol. The van der Waals surface area contributed by atoms with Crippen LogP contribution in [0.4, 0.5) is 0 Å². The van der Waals surface area contributed by atoms with Crippen LogP contribution in [0.1, 0.15) is 5.69 Å². The standard InChI is InChI=1S/C10H14N4/c1-11-6-9-10(13-7-14(9)2)8-3-4-12-5-8/h3-5,7,11-12H,6H2,1-2H3. The van der Waals surface area contributed by atoms with E-state index in [1.165, 1.54) is 5.69 Å². The van der Waals surface area contributed by atoms with Crippen molar-refractivity contribution in [3.63, 3.8) is 0 Å². The van der Waals surface area contributed by atoms with Gasteiger partial charge in [-0.25, -0.2) is 4.98 Å². The van der Waals surface area contributed by atoms with Gasteiger partial charge in [-0.1, -0.05) is 0 Å². The first-order valence-corrected chi connectivity index (χ1v) is 4.61. The molecule has 4 heteroatoms. The highest BCUT2D eigenvalue weighted by molar-refractivity contribution is 5.60. The van der Waals surface area contributed by atoms with Crippen molar-refractivity contribution in [2.45, 2.75) is 6.54 Å². The fourth-order valence-corrected chi connectivity index (χ4v) is 1.54. The summed E-state index contributed by atoms with van der Waals surface area (Å²) < 4.78 is 2.04. The van der Waals surface area contributed by atoms with E-state index in [1.807, 2.05) is 43.4 Å². The van der Waals surface area contributed by atoms with Crippen molar-refractivity contribution in [2.24, 2.45) is 7.05 Å². The summed E-state index contributed by atoms with van der Waals surface area (Å²) in [7, 11) is 3.95. The molecule has 0 amide bonds. The van der Waals surface area contributed by atoms with Crippen LogP contribution < -0.4 is 5.32 Å². The molecule has 0 radical (unpaired) electrons. The van der Waals surface area contributed by atoms with Crippen molar-refractivity contribution >= 4 is 0 Å². The molecule has 0 fully saturated rings. The molecule has 14 heavy (non-hydrogen) atoms. The largest absolute Gasteiger partial charge is 0.367 e. The van der Waals surface area contributed by atoms with Gasteiger partial charge in [0.2, 0.25) is 0 Å². The van der Waals surface area contributed by atoms with Crippen LogP contribution in [-0.4, -0.2) is 21.6 Å². The van der Waals surface area contributed by atoms with Crippen molar-refractivity contribution < 1.29 is 0 Å². The molecule has 0 aliphatic heterocycles. The number of aryl methyl sites for hydroxylation is 1. The molecular formula is C10H14N4. The number of aromatic nitrogens is 3. The smallest absolute Gasteiger partial charge is 0.0953 e. The van der Waals surface area contributed by atoms with Crippen LogP contribution in [0.3, 0.4) is 0 Å². The Labute approximate surface area is 83.0 Å². The maximum Gasteiger partial charge on any atom is 0.0953 e. The molecule has 0 atom stereocenters. The molecule has 0 unspecified atom stereocenters. The lowest BCUT2D eigenvalue weighted by Gasteiger charge is -2.03. The summed E-state index contributed by atoms with van der Waals surface area (Å²) in [5.74, 6) is 0. The number of nitrogens with zero attached hydrogens (tertiary/aromatic N) is 2. The van der Waals surface area contributed by atoms with Crippen molar-refractivity contribution in [1.29, 1.82) is 0 Å². The minimum Gasteiger partial charge on any atom is -0.367 e. The molecule has 2 heterocycles. The summed E-state index contributed by atoms with van der Waals surface area (Å²) in [6, 6.07) is 2.03. The molecule has 4 nitrogen and oxygen atoms in total. The van der Waals surface area contributed by atoms with E-state index >= 15 is 0 Å². The van der Waals surface area contributed by atoms with Gasteiger partial charge >= 0.3 is 0 Å². The fraction of sp³-hybridized carbons (Fsp3) is 0.300. The molecule has 0 aromatic carbocycles. The molecule has 0 saturated heterocycles. The first-order valence-electron chi connectivity index (χ1n) is 4.61. The van der Waals surface area contributed by atoms with Gasteiger partial charge in [0.05, 0.1) is 17.7 Å².